The summed E-state index contributed by atoms with van der Waals surface area (Å²) < 4.78 is 5.57. The lowest BCUT2D eigenvalue weighted by Gasteiger charge is -2.23. The molecule has 0 aromatic rings. The fourth-order valence-corrected chi connectivity index (χ4v) is 2.46. The molecule has 0 aromatic heterocycles. The lowest BCUT2D eigenvalue weighted by atomic mass is 9.97. The number of ether oxygens (including phenoxy) is 1. The number of hydrogen-bond donors (Lipinski definition) is 0. The zero-order valence-electron chi connectivity index (χ0n) is 11.5. The fraction of sp³-hybridized carbons (Fsp3) is 0.933. The number of carbonyl (C=O) groups is 1. The molecule has 2 nitrogen and oxygen atoms in total. The van der Waals surface area contributed by atoms with Crippen LogP contribution in [0.5, 0.6) is 0 Å². The first-order chi connectivity index (χ1) is 8.24. The summed E-state index contributed by atoms with van der Waals surface area (Å²) in [4.78, 5) is 11.9. The molecular weight excluding hydrogens is 212 g/mol. The van der Waals surface area contributed by atoms with Crippen LogP contribution in [0.25, 0.3) is 0 Å². The summed E-state index contributed by atoms with van der Waals surface area (Å²) in [5, 5.41) is 0. The second kappa shape index (κ2) is 8.54. The van der Waals surface area contributed by atoms with E-state index in [0.717, 1.165) is 25.7 Å². The maximum absolute atomic E-state index is 11.9. The second-order valence-corrected chi connectivity index (χ2v) is 5.45. The van der Waals surface area contributed by atoms with Crippen LogP contribution in [0.1, 0.15) is 78.1 Å². The third-order valence-corrected chi connectivity index (χ3v) is 3.73. The topological polar surface area (TPSA) is 26.3 Å². The summed E-state index contributed by atoms with van der Waals surface area (Å²) in [6.45, 7) is 4.22. The van der Waals surface area contributed by atoms with Gasteiger partial charge in [0.25, 0.3) is 0 Å². The minimum Gasteiger partial charge on any atom is -0.462 e. The molecule has 0 aliphatic heterocycles. The Kier molecular flexibility index (Phi) is 7.30. The van der Waals surface area contributed by atoms with E-state index in [1.54, 1.807) is 0 Å². The van der Waals surface area contributed by atoms with E-state index < -0.39 is 0 Å². The van der Waals surface area contributed by atoms with Crippen molar-refractivity contribution in [2.45, 2.75) is 84.2 Å². The van der Waals surface area contributed by atoms with Crippen LogP contribution in [0.4, 0.5) is 0 Å². The Morgan fingerprint density at radius 3 is 2.53 bits per heavy atom. The highest BCUT2D eigenvalue weighted by atomic mass is 16.5. The first-order valence-electron chi connectivity index (χ1n) is 7.44. The van der Waals surface area contributed by atoms with Crippen molar-refractivity contribution >= 4 is 5.97 Å². The maximum Gasteiger partial charge on any atom is 0.308 e. The SMILES string of the molecule is CCCCCCC(C)C(=O)OC1CCCCC1. The van der Waals surface area contributed by atoms with Crippen LogP contribution in [0.2, 0.25) is 0 Å². The largest absolute Gasteiger partial charge is 0.462 e. The molecule has 1 rings (SSSR count). The van der Waals surface area contributed by atoms with Gasteiger partial charge < -0.3 is 4.74 Å². The van der Waals surface area contributed by atoms with E-state index in [9.17, 15) is 4.79 Å². The molecule has 0 aromatic carbocycles. The summed E-state index contributed by atoms with van der Waals surface area (Å²) >= 11 is 0. The van der Waals surface area contributed by atoms with Crippen molar-refractivity contribution in [2.75, 3.05) is 0 Å². The highest BCUT2D eigenvalue weighted by Gasteiger charge is 2.21. The highest BCUT2D eigenvalue weighted by Crippen LogP contribution is 2.22. The lowest BCUT2D eigenvalue weighted by Crippen LogP contribution is -2.24. The molecule has 17 heavy (non-hydrogen) atoms. The molecule has 2 heteroatoms. The first kappa shape index (κ1) is 14.5. The van der Waals surface area contributed by atoms with E-state index in [4.69, 9.17) is 4.74 Å². The van der Waals surface area contributed by atoms with Gasteiger partial charge in [0.05, 0.1) is 5.92 Å². The van der Waals surface area contributed by atoms with Gasteiger partial charge in [-0.1, -0.05) is 46.0 Å². The van der Waals surface area contributed by atoms with Gasteiger partial charge in [0.15, 0.2) is 0 Å². The molecule has 0 amide bonds. The standard InChI is InChI=1S/C15H28O2/c1-3-4-5-7-10-13(2)15(16)17-14-11-8-6-9-12-14/h13-14H,3-12H2,1-2H3. The third kappa shape index (κ3) is 6.09. The quantitative estimate of drug-likeness (QED) is 0.485. The Hall–Kier alpha value is -0.530. The maximum atomic E-state index is 11.9. The van der Waals surface area contributed by atoms with Gasteiger partial charge in [-0.2, -0.15) is 0 Å². The van der Waals surface area contributed by atoms with Crippen LogP contribution in [0.3, 0.4) is 0 Å². The van der Waals surface area contributed by atoms with E-state index in [-0.39, 0.29) is 18.0 Å². The molecule has 1 fully saturated rings. The third-order valence-electron chi connectivity index (χ3n) is 3.73. The molecule has 0 radical (unpaired) electrons. The van der Waals surface area contributed by atoms with E-state index in [2.05, 4.69) is 6.92 Å². The van der Waals surface area contributed by atoms with E-state index >= 15 is 0 Å². The Labute approximate surface area is 106 Å². The van der Waals surface area contributed by atoms with E-state index in [1.807, 2.05) is 6.92 Å². The molecule has 100 valence electrons. The van der Waals surface area contributed by atoms with Crippen molar-refractivity contribution in [1.82, 2.24) is 0 Å². The van der Waals surface area contributed by atoms with E-state index in [1.165, 1.54) is 38.5 Å². The van der Waals surface area contributed by atoms with Crippen LogP contribution in [0, 0.1) is 5.92 Å². The van der Waals surface area contributed by atoms with Gasteiger partial charge in [-0.15, -0.1) is 0 Å². The van der Waals surface area contributed by atoms with Gasteiger partial charge >= 0.3 is 5.97 Å². The zero-order chi connectivity index (χ0) is 12.5. The number of carbonyl (C=O) groups excluding carboxylic acids is 1. The van der Waals surface area contributed by atoms with Crippen molar-refractivity contribution < 1.29 is 9.53 Å². The normalized spacial score (nSPS) is 18.9. The monoisotopic (exact) mass is 240 g/mol. The van der Waals surface area contributed by atoms with Crippen molar-refractivity contribution in [1.29, 1.82) is 0 Å². The molecule has 0 N–H and O–H groups in total. The average molecular weight is 240 g/mol. The van der Waals surface area contributed by atoms with E-state index in [0.29, 0.717) is 0 Å². The van der Waals surface area contributed by atoms with Crippen molar-refractivity contribution in [3.8, 4) is 0 Å². The summed E-state index contributed by atoms with van der Waals surface area (Å²) in [7, 11) is 0. The Morgan fingerprint density at radius 2 is 1.88 bits per heavy atom. The molecule has 0 spiro atoms. The van der Waals surface area contributed by atoms with Gasteiger partial charge in [0.2, 0.25) is 0 Å². The molecule has 0 bridgehead atoms. The van der Waals surface area contributed by atoms with Gasteiger partial charge in [-0.25, -0.2) is 0 Å². The molecular formula is C15H28O2. The second-order valence-electron chi connectivity index (χ2n) is 5.45. The summed E-state index contributed by atoms with van der Waals surface area (Å²) in [5.41, 5.74) is 0. The molecule has 1 saturated carbocycles. The molecule has 0 heterocycles. The minimum absolute atomic E-state index is 0.0356. The summed E-state index contributed by atoms with van der Waals surface area (Å²) in [6.07, 6.45) is 12.1. The van der Waals surface area contributed by atoms with Gasteiger partial charge in [0, 0.05) is 0 Å². The number of rotatable bonds is 7. The minimum atomic E-state index is 0.0356. The first-order valence-corrected chi connectivity index (χ1v) is 7.44. The average Bonchev–Trinajstić information content (AvgIpc) is 2.35. The van der Waals surface area contributed by atoms with Crippen molar-refractivity contribution in [3.05, 3.63) is 0 Å². The summed E-state index contributed by atoms with van der Waals surface area (Å²) in [6, 6.07) is 0. The van der Waals surface area contributed by atoms with Crippen LogP contribution in [-0.2, 0) is 9.53 Å². The van der Waals surface area contributed by atoms with Crippen LogP contribution < -0.4 is 0 Å². The number of hydrogen-bond acceptors (Lipinski definition) is 2. The molecule has 1 atom stereocenters. The fourth-order valence-electron chi connectivity index (χ4n) is 2.46. The Balaban J connectivity index is 2.12. The molecule has 1 aliphatic carbocycles. The zero-order valence-corrected chi connectivity index (χ0v) is 11.5. The van der Waals surface area contributed by atoms with Gasteiger partial charge in [-0.05, 0) is 32.1 Å². The van der Waals surface area contributed by atoms with Crippen molar-refractivity contribution in [2.24, 2.45) is 5.92 Å². The molecule has 1 aliphatic rings. The Bertz CT molecular complexity index is 207. The summed E-state index contributed by atoms with van der Waals surface area (Å²) in [5.74, 6) is 0.127. The van der Waals surface area contributed by atoms with Crippen LogP contribution in [-0.4, -0.2) is 12.1 Å². The molecule has 1 unspecified atom stereocenters. The lowest BCUT2D eigenvalue weighted by molar-refractivity contribution is -0.155. The predicted molar refractivity (Wildman–Crippen MR) is 70.9 cm³/mol. The smallest absolute Gasteiger partial charge is 0.308 e. The number of unbranched alkanes of at least 4 members (excludes halogenated alkanes) is 3. The van der Waals surface area contributed by atoms with Crippen LogP contribution >= 0.6 is 0 Å². The van der Waals surface area contributed by atoms with Crippen molar-refractivity contribution in [3.63, 3.8) is 0 Å². The predicted octanol–water partition coefficient (Wildman–Crippen LogP) is 4.47. The number of esters is 1. The van der Waals surface area contributed by atoms with Crippen LogP contribution in [0.15, 0.2) is 0 Å². The highest BCUT2D eigenvalue weighted by molar-refractivity contribution is 5.72. The Morgan fingerprint density at radius 1 is 1.18 bits per heavy atom. The van der Waals surface area contributed by atoms with Gasteiger partial charge in [0.1, 0.15) is 6.10 Å². The molecule has 0 saturated heterocycles. The van der Waals surface area contributed by atoms with Gasteiger partial charge in [-0.3, -0.25) is 4.79 Å².